The number of hydrogen-bond donors (Lipinski definition) is 1. The Morgan fingerprint density at radius 3 is 2.58 bits per heavy atom. The summed E-state index contributed by atoms with van der Waals surface area (Å²) in [5.74, 6) is 0.296. The van der Waals surface area contributed by atoms with Gasteiger partial charge in [0.25, 0.3) is 0 Å². The Kier molecular flexibility index (Phi) is 6.53. The molecule has 4 rings (SSSR count). The SMILES string of the molecule is O=C(NCCOc1cccc2ccccc12)C1CCCN(S(=O)(=O)c2ccccc2)C1. The second kappa shape index (κ2) is 9.49. The first kappa shape index (κ1) is 21.3. The topological polar surface area (TPSA) is 75.7 Å². The lowest BCUT2D eigenvalue weighted by atomic mass is 9.99. The van der Waals surface area contributed by atoms with Crippen molar-refractivity contribution >= 4 is 26.7 Å². The molecular weight excluding hydrogens is 412 g/mol. The fraction of sp³-hybridized carbons (Fsp3) is 0.292. The predicted molar refractivity (Wildman–Crippen MR) is 120 cm³/mol. The summed E-state index contributed by atoms with van der Waals surface area (Å²) < 4.78 is 33.0. The molecule has 0 saturated carbocycles. The van der Waals surface area contributed by atoms with Crippen LogP contribution in [0.25, 0.3) is 10.8 Å². The summed E-state index contributed by atoms with van der Waals surface area (Å²) in [6.45, 7) is 1.35. The number of ether oxygens (including phenoxy) is 1. The number of rotatable bonds is 7. The third-order valence-corrected chi connectivity index (χ3v) is 7.42. The van der Waals surface area contributed by atoms with Crippen molar-refractivity contribution in [3.8, 4) is 5.75 Å². The number of fused-ring (bicyclic) bond motifs is 1. The smallest absolute Gasteiger partial charge is 0.243 e. The van der Waals surface area contributed by atoms with E-state index in [4.69, 9.17) is 4.74 Å². The van der Waals surface area contributed by atoms with Crippen molar-refractivity contribution in [2.45, 2.75) is 17.7 Å². The molecule has 0 spiro atoms. The number of carbonyl (C=O) groups excluding carboxylic acids is 1. The maximum absolute atomic E-state index is 12.9. The standard InChI is InChI=1S/C24H26N2O4S/c27-24(25-15-17-30-23-14-6-9-19-8-4-5-13-22(19)23)20-10-7-16-26(18-20)31(28,29)21-11-2-1-3-12-21/h1-6,8-9,11-14,20H,7,10,15-18H2,(H,25,27). The van der Waals surface area contributed by atoms with Crippen molar-refractivity contribution in [1.82, 2.24) is 9.62 Å². The Morgan fingerprint density at radius 1 is 1.00 bits per heavy atom. The van der Waals surface area contributed by atoms with E-state index < -0.39 is 10.0 Å². The van der Waals surface area contributed by atoms with Gasteiger partial charge >= 0.3 is 0 Å². The number of hydrogen-bond acceptors (Lipinski definition) is 4. The van der Waals surface area contributed by atoms with Crippen LogP contribution in [0.5, 0.6) is 5.75 Å². The summed E-state index contributed by atoms with van der Waals surface area (Å²) in [6, 6.07) is 22.2. The van der Waals surface area contributed by atoms with Gasteiger partial charge in [0.2, 0.25) is 15.9 Å². The number of amides is 1. The van der Waals surface area contributed by atoms with E-state index >= 15 is 0 Å². The molecule has 0 radical (unpaired) electrons. The van der Waals surface area contributed by atoms with E-state index in [1.807, 2.05) is 42.5 Å². The lowest BCUT2D eigenvalue weighted by molar-refractivity contribution is -0.126. The minimum atomic E-state index is -3.58. The summed E-state index contributed by atoms with van der Waals surface area (Å²) in [7, 11) is -3.58. The Morgan fingerprint density at radius 2 is 1.74 bits per heavy atom. The zero-order valence-corrected chi connectivity index (χ0v) is 18.1. The van der Waals surface area contributed by atoms with Crippen LogP contribution in [0.2, 0.25) is 0 Å². The molecular formula is C24H26N2O4S. The van der Waals surface area contributed by atoms with Crippen molar-refractivity contribution in [2.24, 2.45) is 5.92 Å². The van der Waals surface area contributed by atoms with Crippen molar-refractivity contribution < 1.29 is 17.9 Å². The van der Waals surface area contributed by atoms with Crippen molar-refractivity contribution in [2.75, 3.05) is 26.2 Å². The molecule has 3 aromatic carbocycles. The minimum Gasteiger partial charge on any atom is -0.491 e. The van der Waals surface area contributed by atoms with Crippen LogP contribution >= 0.6 is 0 Å². The van der Waals surface area contributed by atoms with Crippen molar-refractivity contribution in [1.29, 1.82) is 0 Å². The highest BCUT2D eigenvalue weighted by Crippen LogP contribution is 2.25. The van der Waals surface area contributed by atoms with E-state index in [9.17, 15) is 13.2 Å². The summed E-state index contributed by atoms with van der Waals surface area (Å²) in [5, 5.41) is 5.03. The molecule has 1 unspecified atom stereocenters. The van der Waals surface area contributed by atoms with Gasteiger partial charge in [0.1, 0.15) is 12.4 Å². The lowest BCUT2D eigenvalue weighted by Gasteiger charge is -2.31. The van der Waals surface area contributed by atoms with E-state index in [2.05, 4.69) is 5.32 Å². The number of nitrogens with zero attached hydrogens (tertiary/aromatic N) is 1. The van der Waals surface area contributed by atoms with Crippen molar-refractivity contribution in [3.63, 3.8) is 0 Å². The van der Waals surface area contributed by atoms with Gasteiger partial charge in [-0.3, -0.25) is 4.79 Å². The van der Waals surface area contributed by atoms with Crippen LogP contribution in [-0.2, 0) is 14.8 Å². The van der Waals surface area contributed by atoms with Crippen LogP contribution in [0.1, 0.15) is 12.8 Å². The third-order valence-electron chi connectivity index (χ3n) is 5.54. The molecule has 1 amide bonds. The summed E-state index contributed by atoms with van der Waals surface area (Å²) in [6.07, 6.45) is 1.34. The van der Waals surface area contributed by atoms with Crippen LogP contribution in [0.15, 0.2) is 77.7 Å². The second-order valence-corrected chi connectivity index (χ2v) is 9.57. The Bertz CT molecular complexity index is 1140. The van der Waals surface area contributed by atoms with Crippen LogP contribution in [0.4, 0.5) is 0 Å². The van der Waals surface area contributed by atoms with Gasteiger partial charge in [0.05, 0.1) is 17.4 Å². The summed E-state index contributed by atoms with van der Waals surface area (Å²) in [5.41, 5.74) is 0. The average Bonchev–Trinajstić information content (AvgIpc) is 2.82. The molecule has 31 heavy (non-hydrogen) atoms. The van der Waals surface area contributed by atoms with E-state index in [0.29, 0.717) is 32.5 Å². The quantitative estimate of drug-likeness (QED) is 0.574. The minimum absolute atomic E-state index is 0.130. The third kappa shape index (κ3) is 4.89. The molecule has 1 aliphatic heterocycles. The van der Waals surface area contributed by atoms with Crippen LogP contribution in [-0.4, -0.2) is 44.9 Å². The molecule has 1 saturated heterocycles. The van der Waals surface area contributed by atoms with Crippen molar-refractivity contribution in [3.05, 3.63) is 72.8 Å². The van der Waals surface area contributed by atoms with E-state index in [1.54, 1.807) is 30.3 Å². The zero-order chi connectivity index (χ0) is 21.7. The molecule has 3 aromatic rings. The molecule has 6 nitrogen and oxygen atoms in total. The maximum atomic E-state index is 12.9. The Hall–Kier alpha value is -2.90. The van der Waals surface area contributed by atoms with E-state index in [1.165, 1.54) is 4.31 Å². The zero-order valence-electron chi connectivity index (χ0n) is 17.2. The highest BCUT2D eigenvalue weighted by atomic mass is 32.2. The Labute approximate surface area is 182 Å². The maximum Gasteiger partial charge on any atom is 0.243 e. The fourth-order valence-corrected chi connectivity index (χ4v) is 5.46. The molecule has 1 fully saturated rings. The highest BCUT2D eigenvalue weighted by Gasteiger charge is 2.33. The van der Waals surface area contributed by atoms with E-state index in [-0.39, 0.29) is 23.3 Å². The second-order valence-electron chi connectivity index (χ2n) is 7.63. The fourth-order valence-electron chi connectivity index (χ4n) is 3.92. The molecule has 1 heterocycles. The highest BCUT2D eigenvalue weighted by molar-refractivity contribution is 7.89. The molecule has 1 N–H and O–H groups in total. The van der Waals surface area contributed by atoms with Gasteiger partial charge in [-0.15, -0.1) is 0 Å². The van der Waals surface area contributed by atoms with Gasteiger partial charge in [0, 0.05) is 18.5 Å². The molecule has 1 aliphatic rings. The van der Waals surface area contributed by atoms with E-state index in [0.717, 1.165) is 16.5 Å². The molecule has 1 atom stereocenters. The number of benzene rings is 3. The first-order valence-corrected chi connectivity index (χ1v) is 11.9. The van der Waals surface area contributed by atoms with Gasteiger partial charge in [0.15, 0.2) is 0 Å². The van der Waals surface area contributed by atoms with Gasteiger partial charge < -0.3 is 10.1 Å². The molecule has 0 bridgehead atoms. The monoisotopic (exact) mass is 438 g/mol. The Balaban J connectivity index is 1.30. The number of nitrogens with one attached hydrogen (secondary N) is 1. The van der Waals surface area contributed by atoms with Gasteiger partial charge in [-0.25, -0.2) is 8.42 Å². The molecule has 0 aliphatic carbocycles. The largest absolute Gasteiger partial charge is 0.491 e. The average molecular weight is 439 g/mol. The number of carbonyl (C=O) groups is 1. The number of sulfonamides is 1. The van der Waals surface area contributed by atoms with Crippen LogP contribution in [0, 0.1) is 5.92 Å². The van der Waals surface area contributed by atoms with Crippen LogP contribution < -0.4 is 10.1 Å². The molecule has 7 heteroatoms. The number of piperidine rings is 1. The normalized spacial score (nSPS) is 17.4. The van der Waals surface area contributed by atoms with Gasteiger partial charge in [-0.05, 0) is 36.4 Å². The molecule has 162 valence electrons. The van der Waals surface area contributed by atoms with Crippen LogP contribution in [0.3, 0.4) is 0 Å². The summed E-state index contributed by atoms with van der Waals surface area (Å²) >= 11 is 0. The first-order valence-electron chi connectivity index (χ1n) is 10.5. The predicted octanol–water partition coefficient (Wildman–Crippen LogP) is 3.44. The van der Waals surface area contributed by atoms with Gasteiger partial charge in [-0.2, -0.15) is 4.31 Å². The molecule has 0 aromatic heterocycles. The van der Waals surface area contributed by atoms with Gasteiger partial charge in [-0.1, -0.05) is 54.6 Å². The first-order chi connectivity index (χ1) is 15.1. The summed E-state index contributed by atoms with van der Waals surface area (Å²) in [4.78, 5) is 12.9. The lowest BCUT2D eigenvalue weighted by Crippen LogP contribution is -2.45.